The number of rotatable bonds is 1. The molecule has 6 aliphatic rings. The summed E-state index contributed by atoms with van der Waals surface area (Å²) in [5, 5.41) is 0. The van der Waals surface area contributed by atoms with Crippen LogP contribution in [0, 0.1) is 39.4 Å². The van der Waals surface area contributed by atoms with Crippen LogP contribution in [-0.2, 0) is 33.4 Å². The zero-order chi connectivity index (χ0) is 28.6. The van der Waals surface area contributed by atoms with Gasteiger partial charge < -0.3 is 14.2 Å². The number of Topliss-reactive ketones (excluding diaryl/α,β-unsaturated/α-hetero) is 2. The summed E-state index contributed by atoms with van der Waals surface area (Å²) in [4.78, 5) is 52.5. The second-order valence-electron chi connectivity index (χ2n) is 15.0. The van der Waals surface area contributed by atoms with E-state index in [0.717, 1.165) is 17.6 Å². The highest BCUT2D eigenvalue weighted by Crippen LogP contribution is 2.76. The number of fused-ring (bicyclic) bond motifs is 5. The zero-order valence-electron chi connectivity index (χ0n) is 24.8. The molecule has 4 aliphatic carbocycles. The van der Waals surface area contributed by atoms with E-state index in [0.29, 0.717) is 38.5 Å². The molecule has 214 valence electrons. The van der Waals surface area contributed by atoms with Gasteiger partial charge >= 0.3 is 11.9 Å². The predicted octanol–water partition coefficient (Wildman–Crippen LogP) is 5.48. The van der Waals surface area contributed by atoms with Crippen LogP contribution in [0.4, 0.5) is 0 Å². The first-order valence-electron chi connectivity index (χ1n) is 14.9. The van der Waals surface area contributed by atoms with Gasteiger partial charge in [-0.05, 0) is 31.1 Å². The Bertz CT molecular complexity index is 1230. The van der Waals surface area contributed by atoms with Crippen LogP contribution in [0.15, 0.2) is 11.1 Å². The Morgan fingerprint density at radius 3 is 2.28 bits per heavy atom. The van der Waals surface area contributed by atoms with Gasteiger partial charge in [-0.15, -0.1) is 0 Å². The zero-order valence-corrected chi connectivity index (χ0v) is 24.8. The monoisotopic (exact) mass is 540 g/mol. The van der Waals surface area contributed by atoms with Crippen LogP contribution in [-0.4, -0.2) is 41.0 Å². The molecule has 0 radical (unpaired) electrons. The largest absolute Gasteiger partial charge is 0.461 e. The minimum absolute atomic E-state index is 0.00593. The molecule has 0 aromatic heterocycles. The highest BCUT2D eigenvalue weighted by Gasteiger charge is 2.79. The van der Waals surface area contributed by atoms with Gasteiger partial charge in [0.25, 0.3) is 0 Å². The lowest BCUT2D eigenvalue weighted by Gasteiger charge is -2.61. The predicted molar refractivity (Wildman–Crippen MR) is 142 cm³/mol. The number of allylic oxidation sites excluding steroid dienone is 1. The Balaban J connectivity index is 1.53. The topological polar surface area (TPSA) is 96.0 Å². The molecule has 7 nitrogen and oxygen atoms in total. The van der Waals surface area contributed by atoms with Gasteiger partial charge in [0.15, 0.2) is 5.78 Å². The minimum atomic E-state index is -1.000. The van der Waals surface area contributed by atoms with Crippen molar-refractivity contribution >= 4 is 23.5 Å². The first-order chi connectivity index (χ1) is 18.0. The van der Waals surface area contributed by atoms with Crippen molar-refractivity contribution in [3.8, 4) is 0 Å². The standard InChI is InChI=1S/C32H44O7/c1-17-13-31(38-26(17)36)14-18(2)32(39-31)16-24(37-19(3)33)30(8)20-9-10-22-27(4,5)23(35)11-12-28(22,6)25(20)21(34)15-29(30,32)7/h17-18,22,24H,9-16H2,1-8H3/t17-,18+,22-,24-,28-,29-,30+,31-,32-/m0/s1. The smallest absolute Gasteiger partial charge is 0.311 e. The van der Waals surface area contributed by atoms with Crippen molar-refractivity contribution in [1.29, 1.82) is 0 Å². The molecule has 0 aromatic carbocycles. The Hall–Kier alpha value is -2.02. The molecule has 0 N–H and O–H groups in total. The van der Waals surface area contributed by atoms with Crippen molar-refractivity contribution in [2.75, 3.05) is 0 Å². The summed E-state index contributed by atoms with van der Waals surface area (Å²) in [6.07, 6.45) is 4.00. The summed E-state index contributed by atoms with van der Waals surface area (Å²) in [5.41, 5.74) is -0.993. The fourth-order valence-corrected chi connectivity index (χ4v) is 10.8. The molecule has 39 heavy (non-hydrogen) atoms. The van der Waals surface area contributed by atoms with Crippen molar-refractivity contribution in [2.24, 2.45) is 39.4 Å². The third-order valence-corrected chi connectivity index (χ3v) is 12.8. The lowest BCUT2D eigenvalue weighted by molar-refractivity contribution is -0.254. The number of ketones is 2. The number of hydrogen-bond donors (Lipinski definition) is 0. The van der Waals surface area contributed by atoms with Gasteiger partial charge in [-0.25, -0.2) is 0 Å². The summed E-state index contributed by atoms with van der Waals surface area (Å²) in [6, 6.07) is 0. The molecule has 2 heterocycles. The van der Waals surface area contributed by atoms with E-state index in [1.54, 1.807) is 0 Å². The van der Waals surface area contributed by atoms with Gasteiger partial charge in [-0.1, -0.05) is 54.0 Å². The average molecular weight is 541 g/mol. The Morgan fingerprint density at radius 1 is 0.974 bits per heavy atom. The fraction of sp³-hybridized carbons (Fsp3) is 0.812. The maximum atomic E-state index is 14.5. The molecule has 0 amide bonds. The van der Waals surface area contributed by atoms with Crippen LogP contribution in [0.2, 0.25) is 0 Å². The molecular weight excluding hydrogens is 496 g/mol. The summed E-state index contributed by atoms with van der Waals surface area (Å²) in [7, 11) is 0. The van der Waals surface area contributed by atoms with Crippen LogP contribution in [0.1, 0.15) is 107 Å². The molecule has 4 fully saturated rings. The van der Waals surface area contributed by atoms with E-state index in [4.69, 9.17) is 14.2 Å². The van der Waals surface area contributed by atoms with Crippen molar-refractivity contribution in [3.05, 3.63) is 11.1 Å². The summed E-state index contributed by atoms with van der Waals surface area (Å²) in [6.45, 7) is 16.1. The van der Waals surface area contributed by atoms with Gasteiger partial charge in [0.2, 0.25) is 5.79 Å². The molecule has 2 saturated heterocycles. The highest BCUT2D eigenvalue weighted by molar-refractivity contribution is 6.01. The summed E-state index contributed by atoms with van der Waals surface area (Å²) in [5.74, 6) is -1.32. The van der Waals surface area contributed by atoms with E-state index < -0.39 is 39.2 Å². The molecule has 7 heteroatoms. The van der Waals surface area contributed by atoms with E-state index in [1.807, 2.05) is 20.8 Å². The third-order valence-electron chi connectivity index (χ3n) is 12.8. The van der Waals surface area contributed by atoms with Gasteiger partial charge in [0, 0.05) is 66.3 Å². The first kappa shape index (κ1) is 27.2. The molecule has 0 aromatic rings. The Labute approximate surface area is 231 Å². The second kappa shape index (κ2) is 7.83. The van der Waals surface area contributed by atoms with Gasteiger partial charge in [-0.2, -0.15) is 0 Å². The minimum Gasteiger partial charge on any atom is -0.461 e. The fourth-order valence-electron chi connectivity index (χ4n) is 10.8. The van der Waals surface area contributed by atoms with E-state index in [9.17, 15) is 19.2 Å². The van der Waals surface area contributed by atoms with E-state index >= 15 is 0 Å². The van der Waals surface area contributed by atoms with Crippen LogP contribution in [0.3, 0.4) is 0 Å². The Kier molecular flexibility index (Phi) is 5.45. The van der Waals surface area contributed by atoms with Gasteiger partial charge in [-0.3, -0.25) is 19.2 Å². The molecule has 6 rings (SSSR count). The van der Waals surface area contributed by atoms with Crippen molar-refractivity contribution < 1.29 is 33.4 Å². The maximum absolute atomic E-state index is 14.5. The molecule has 0 unspecified atom stereocenters. The first-order valence-corrected chi connectivity index (χ1v) is 14.9. The van der Waals surface area contributed by atoms with Crippen molar-refractivity contribution in [3.63, 3.8) is 0 Å². The van der Waals surface area contributed by atoms with Crippen LogP contribution in [0.5, 0.6) is 0 Å². The Morgan fingerprint density at radius 2 is 1.67 bits per heavy atom. The lowest BCUT2D eigenvalue weighted by Crippen LogP contribution is -2.61. The number of carbonyl (C=O) groups excluding carboxylic acids is 4. The number of carbonyl (C=O) groups is 4. The SMILES string of the molecule is CC(=O)O[C@H]1C[C@@]2(O[C@]3(C[C@H]2C)C[C@H](C)C(=O)O3)[C@@]2(C)CC(=O)C3=C(CC[C@H]4C(C)(C)C(=O)CC[C@]34C)[C@]12C. The quantitative estimate of drug-likeness (QED) is 0.406. The molecule has 2 spiro atoms. The average Bonchev–Trinajstić information content (AvgIpc) is 3.32. The second-order valence-corrected chi connectivity index (χ2v) is 15.0. The normalized spacial score (nSPS) is 50.2. The molecule has 2 aliphatic heterocycles. The van der Waals surface area contributed by atoms with Crippen molar-refractivity contribution in [1.82, 2.24) is 0 Å². The highest BCUT2D eigenvalue weighted by atomic mass is 16.7. The summed E-state index contributed by atoms with van der Waals surface area (Å²) < 4.78 is 19.1. The van der Waals surface area contributed by atoms with Gasteiger partial charge in [0.05, 0.1) is 11.5 Å². The number of hydrogen-bond acceptors (Lipinski definition) is 7. The summed E-state index contributed by atoms with van der Waals surface area (Å²) >= 11 is 0. The van der Waals surface area contributed by atoms with E-state index in [-0.39, 0.29) is 47.7 Å². The van der Waals surface area contributed by atoms with Crippen LogP contribution in [0.25, 0.3) is 0 Å². The third kappa shape index (κ3) is 3.09. The molecule has 0 bridgehead atoms. The molecule has 2 saturated carbocycles. The lowest BCUT2D eigenvalue weighted by atomic mass is 9.42. The van der Waals surface area contributed by atoms with Crippen LogP contribution < -0.4 is 0 Å². The number of esters is 2. The van der Waals surface area contributed by atoms with Crippen LogP contribution >= 0.6 is 0 Å². The van der Waals surface area contributed by atoms with Gasteiger partial charge in [0.1, 0.15) is 11.9 Å². The number of ether oxygens (including phenoxy) is 3. The molecule has 9 atom stereocenters. The maximum Gasteiger partial charge on any atom is 0.311 e. The van der Waals surface area contributed by atoms with Crippen molar-refractivity contribution in [2.45, 2.75) is 124 Å². The van der Waals surface area contributed by atoms with E-state index in [1.165, 1.54) is 6.92 Å². The van der Waals surface area contributed by atoms with E-state index in [2.05, 4.69) is 27.7 Å². The molecular formula is C32H44O7.